The Kier molecular flexibility index (Phi) is 5.29. The van der Waals surface area contributed by atoms with Gasteiger partial charge in [-0.3, -0.25) is 9.59 Å². The van der Waals surface area contributed by atoms with Crippen molar-refractivity contribution in [2.24, 2.45) is 11.8 Å². The number of carboxylic acid groups (broad SMARTS) is 1. The van der Waals surface area contributed by atoms with Crippen molar-refractivity contribution in [3.63, 3.8) is 0 Å². The third-order valence-electron chi connectivity index (χ3n) is 4.77. The Balaban J connectivity index is 1.98. The van der Waals surface area contributed by atoms with E-state index in [4.69, 9.17) is 4.74 Å². The summed E-state index contributed by atoms with van der Waals surface area (Å²) in [7, 11) is 3.36. The maximum atomic E-state index is 12.4. The quantitative estimate of drug-likeness (QED) is 0.819. The minimum atomic E-state index is -1.04. The first-order valence-electron chi connectivity index (χ1n) is 7.98. The number of carboxylic acids is 1. The van der Waals surface area contributed by atoms with Gasteiger partial charge in [0.25, 0.3) is 0 Å². The molecular weight excluding hydrogens is 294 g/mol. The number of ether oxygens (including phenoxy) is 1. The molecule has 1 aliphatic rings. The molecule has 0 aromatic heterocycles. The molecule has 0 saturated heterocycles. The van der Waals surface area contributed by atoms with Crippen LogP contribution in [0.3, 0.4) is 0 Å². The van der Waals surface area contributed by atoms with Crippen molar-refractivity contribution < 1.29 is 19.4 Å². The summed E-state index contributed by atoms with van der Waals surface area (Å²) in [6.07, 6.45) is 1.72. The summed E-state index contributed by atoms with van der Waals surface area (Å²) in [4.78, 5) is 25.4. The maximum Gasteiger partial charge on any atom is 0.316 e. The van der Waals surface area contributed by atoms with Crippen molar-refractivity contribution in [3.8, 4) is 5.75 Å². The largest absolute Gasteiger partial charge is 0.497 e. The van der Waals surface area contributed by atoms with Gasteiger partial charge in [0.15, 0.2) is 0 Å². The maximum absolute atomic E-state index is 12.4. The molecule has 23 heavy (non-hydrogen) atoms. The van der Waals surface area contributed by atoms with Crippen LogP contribution in [0, 0.1) is 11.8 Å². The number of amides is 1. The van der Waals surface area contributed by atoms with Crippen molar-refractivity contribution in [2.75, 3.05) is 14.2 Å². The van der Waals surface area contributed by atoms with Crippen LogP contribution in [0.15, 0.2) is 24.3 Å². The first-order valence-corrected chi connectivity index (χ1v) is 7.98. The fourth-order valence-electron chi connectivity index (χ4n) is 3.15. The molecule has 1 saturated carbocycles. The van der Waals surface area contributed by atoms with E-state index in [-0.39, 0.29) is 17.9 Å². The lowest BCUT2D eigenvalue weighted by molar-refractivity contribution is -0.154. The molecule has 5 heteroatoms. The highest BCUT2D eigenvalue weighted by molar-refractivity contribution is 5.97. The van der Waals surface area contributed by atoms with Gasteiger partial charge in [0.2, 0.25) is 5.91 Å². The summed E-state index contributed by atoms with van der Waals surface area (Å²) in [5, 5.41) is 9.26. The SMILES string of the molecule is COc1cccc(C2CC(N(C)C(=O)C(C(=O)O)C(C)C)C2)c1. The van der Waals surface area contributed by atoms with Crippen LogP contribution in [0.1, 0.15) is 38.2 Å². The molecule has 1 aromatic rings. The zero-order chi connectivity index (χ0) is 17.1. The first kappa shape index (κ1) is 17.3. The van der Waals surface area contributed by atoms with Crippen LogP contribution in [0.5, 0.6) is 5.75 Å². The summed E-state index contributed by atoms with van der Waals surface area (Å²) in [5.74, 6) is -1.27. The molecule has 1 unspecified atom stereocenters. The average Bonchev–Trinajstić information content (AvgIpc) is 2.45. The average molecular weight is 319 g/mol. The molecule has 1 N–H and O–H groups in total. The van der Waals surface area contributed by atoms with E-state index in [0.717, 1.165) is 18.6 Å². The smallest absolute Gasteiger partial charge is 0.316 e. The van der Waals surface area contributed by atoms with Gasteiger partial charge in [0.05, 0.1) is 7.11 Å². The van der Waals surface area contributed by atoms with Crippen LogP contribution < -0.4 is 4.74 Å². The molecule has 1 amide bonds. The van der Waals surface area contributed by atoms with E-state index >= 15 is 0 Å². The summed E-state index contributed by atoms with van der Waals surface area (Å²) in [5.41, 5.74) is 1.21. The Hall–Kier alpha value is -2.04. The van der Waals surface area contributed by atoms with Crippen molar-refractivity contribution >= 4 is 11.9 Å². The van der Waals surface area contributed by atoms with E-state index in [1.54, 1.807) is 32.9 Å². The number of hydrogen-bond acceptors (Lipinski definition) is 3. The molecule has 1 atom stereocenters. The highest BCUT2D eigenvalue weighted by Gasteiger charge is 2.39. The molecule has 1 aromatic carbocycles. The molecule has 0 heterocycles. The number of hydrogen-bond donors (Lipinski definition) is 1. The Labute approximate surface area is 137 Å². The van der Waals surface area contributed by atoms with E-state index in [0.29, 0.717) is 5.92 Å². The second-order valence-corrected chi connectivity index (χ2v) is 6.61. The van der Waals surface area contributed by atoms with Crippen LogP contribution in [0.25, 0.3) is 0 Å². The Morgan fingerprint density at radius 2 is 1.96 bits per heavy atom. The van der Waals surface area contributed by atoms with Crippen molar-refractivity contribution in [2.45, 2.75) is 38.6 Å². The number of nitrogens with zero attached hydrogens (tertiary/aromatic N) is 1. The van der Waals surface area contributed by atoms with E-state index in [1.165, 1.54) is 5.56 Å². The number of aliphatic carboxylic acids is 1. The third-order valence-corrected chi connectivity index (χ3v) is 4.77. The van der Waals surface area contributed by atoms with Crippen molar-refractivity contribution in [1.82, 2.24) is 4.90 Å². The Morgan fingerprint density at radius 1 is 1.30 bits per heavy atom. The van der Waals surface area contributed by atoms with Crippen LogP contribution in [-0.4, -0.2) is 42.1 Å². The molecular formula is C18H25NO4. The Bertz CT molecular complexity index is 578. The minimum Gasteiger partial charge on any atom is -0.497 e. The number of benzene rings is 1. The van der Waals surface area contributed by atoms with Gasteiger partial charge < -0.3 is 14.7 Å². The van der Waals surface area contributed by atoms with Crippen LogP contribution >= 0.6 is 0 Å². The van der Waals surface area contributed by atoms with Crippen LogP contribution in [0.4, 0.5) is 0 Å². The van der Waals surface area contributed by atoms with E-state index < -0.39 is 11.9 Å². The summed E-state index contributed by atoms with van der Waals surface area (Å²) in [6, 6.07) is 8.08. The van der Waals surface area contributed by atoms with Gasteiger partial charge in [0.1, 0.15) is 11.7 Å². The van der Waals surface area contributed by atoms with Gasteiger partial charge in [0, 0.05) is 13.1 Å². The molecule has 0 spiro atoms. The molecule has 2 rings (SSSR count). The molecule has 126 valence electrons. The molecule has 1 aliphatic carbocycles. The van der Waals surface area contributed by atoms with Gasteiger partial charge in [-0.05, 0) is 42.4 Å². The van der Waals surface area contributed by atoms with E-state index in [1.807, 2.05) is 18.2 Å². The van der Waals surface area contributed by atoms with Gasteiger partial charge in [-0.2, -0.15) is 0 Å². The number of carbonyl (C=O) groups excluding carboxylic acids is 1. The fourth-order valence-corrected chi connectivity index (χ4v) is 3.15. The molecule has 1 fully saturated rings. The fraction of sp³-hybridized carbons (Fsp3) is 0.556. The second kappa shape index (κ2) is 7.02. The summed E-state index contributed by atoms with van der Waals surface area (Å²) < 4.78 is 5.24. The zero-order valence-electron chi connectivity index (χ0n) is 14.2. The predicted octanol–water partition coefficient (Wildman–Crippen LogP) is 2.76. The topological polar surface area (TPSA) is 66.8 Å². The van der Waals surface area contributed by atoms with Crippen LogP contribution in [0.2, 0.25) is 0 Å². The first-order chi connectivity index (χ1) is 10.8. The summed E-state index contributed by atoms with van der Waals surface area (Å²) in [6.45, 7) is 3.54. The molecule has 0 bridgehead atoms. The third kappa shape index (κ3) is 3.66. The normalized spacial score (nSPS) is 21.4. The highest BCUT2D eigenvalue weighted by atomic mass is 16.5. The number of rotatable bonds is 6. The number of carbonyl (C=O) groups is 2. The van der Waals surface area contributed by atoms with Crippen LogP contribution in [-0.2, 0) is 9.59 Å². The molecule has 0 radical (unpaired) electrons. The molecule has 0 aliphatic heterocycles. The lowest BCUT2D eigenvalue weighted by Crippen LogP contribution is -2.49. The monoisotopic (exact) mass is 319 g/mol. The molecule has 5 nitrogen and oxygen atoms in total. The lowest BCUT2D eigenvalue weighted by Gasteiger charge is -2.42. The van der Waals surface area contributed by atoms with Crippen molar-refractivity contribution in [1.29, 1.82) is 0 Å². The van der Waals surface area contributed by atoms with Crippen molar-refractivity contribution in [3.05, 3.63) is 29.8 Å². The van der Waals surface area contributed by atoms with E-state index in [9.17, 15) is 14.7 Å². The minimum absolute atomic E-state index is 0.110. The zero-order valence-corrected chi connectivity index (χ0v) is 14.2. The van der Waals surface area contributed by atoms with Gasteiger partial charge >= 0.3 is 5.97 Å². The van der Waals surface area contributed by atoms with Gasteiger partial charge in [-0.1, -0.05) is 26.0 Å². The summed E-state index contributed by atoms with van der Waals surface area (Å²) >= 11 is 0. The Morgan fingerprint density at radius 3 is 2.48 bits per heavy atom. The van der Waals surface area contributed by atoms with Gasteiger partial charge in [-0.25, -0.2) is 0 Å². The highest BCUT2D eigenvalue weighted by Crippen LogP contribution is 2.40. The standard InChI is InChI=1S/C18H25NO4/c1-11(2)16(18(21)22)17(20)19(3)14-8-13(9-14)12-6-5-7-15(10-12)23-4/h5-7,10-11,13-14,16H,8-9H2,1-4H3,(H,21,22). The van der Waals surface area contributed by atoms with E-state index in [2.05, 4.69) is 6.07 Å². The second-order valence-electron chi connectivity index (χ2n) is 6.61. The lowest BCUT2D eigenvalue weighted by atomic mass is 9.74. The number of methoxy groups -OCH3 is 1. The van der Waals surface area contributed by atoms with Gasteiger partial charge in [-0.15, -0.1) is 0 Å². The predicted molar refractivity (Wildman–Crippen MR) is 87.5 cm³/mol.